The number of nitrogens with zero attached hydrogens (tertiary/aromatic N) is 1. The van der Waals surface area contributed by atoms with Gasteiger partial charge in [-0.25, -0.2) is 4.68 Å². The van der Waals surface area contributed by atoms with Gasteiger partial charge in [0.25, 0.3) is 5.56 Å². The largest absolute Gasteiger partial charge is 0.294 e. The summed E-state index contributed by atoms with van der Waals surface area (Å²) in [5.41, 5.74) is 1.70. The van der Waals surface area contributed by atoms with Crippen molar-refractivity contribution in [2.75, 3.05) is 0 Å². The van der Waals surface area contributed by atoms with Crippen LogP contribution in [0.1, 0.15) is 101 Å². The number of hydrogen-bond acceptors (Lipinski definition) is 2. The number of unbranched alkanes of at least 4 members (excludes halogenated alkanes) is 8. The molecule has 0 radical (unpaired) electrons. The summed E-state index contributed by atoms with van der Waals surface area (Å²) in [6.45, 7) is 4.30. The van der Waals surface area contributed by atoms with Gasteiger partial charge in [-0.15, -0.1) is 0 Å². The van der Waals surface area contributed by atoms with Gasteiger partial charge in [0.15, 0.2) is 5.78 Å². The highest BCUT2D eigenvalue weighted by Crippen LogP contribution is 2.15. The molecule has 0 amide bonds. The van der Waals surface area contributed by atoms with E-state index in [-0.39, 0.29) is 11.3 Å². The third-order valence-corrected chi connectivity index (χ3v) is 5.27. The first-order chi connectivity index (χ1) is 13.7. The molecule has 1 N–H and O–H groups in total. The Morgan fingerprint density at radius 1 is 0.857 bits per heavy atom. The van der Waals surface area contributed by atoms with E-state index in [1.165, 1.54) is 49.6 Å². The fraction of sp³-hybridized carbons (Fsp3) is 0.583. The van der Waals surface area contributed by atoms with Gasteiger partial charge in [0.2, 0.25) is 0 Å². The molecule has 0 spiro atoms. The molecule has 0 aliphatic carbocycles. The number of aryl methyl sites for hydroxylation is 1. The number of ketones is 1. The number of carbonyl (C=O) groups is 1. The van der Waals surface area contributed by atoms with Crippen LogP contribution in [-0.2, 0) is 6.42 Å². The van der Waals surface area contributed by atoms with Gasteiger partial charge >= 0.3 is 0 Å². The maximum absolute atomic E-state index is 12.9. The zero-order valence-electron chi connectivity index (χ0n) is 17.6. The van der Waals surface area contributed by atoms with Gasteiger partial charge in [-0.3, -0.25) is 14.7 Å². The van der Waals surface area contributed by atoms with Crippen molar-refractivity contribution in [1.82, 2.24) is 9.78 Å². The number of aromatic amines is 1. The number of H-pyrrole nitrogens is 1. The Morgan fingerprint density at radius 3 is 2.07 bits per heavy atom. The van der Waals surface area contributed by atoms with E-state index in [0.29, 0.717) is 18.4 Å². The monoisotopic (exact) mass is 384 g/mol. The van der Waals surface area contributed by atoms with E-state index in [4.69, 9.17) is 0 Å². The molecule has 154 valence electrons. The molecule has 4 heteroatoms. The Labute approximate surface area is 169 Å². The fourth-order valence-corrected chi connectivity index (χ4v) is 3.68. The third kappa shape index (κ3) is 6.50. The van der Waals surface area contributed by atoms with Crippen molar-refractivity contribution in [2.45, 2.75) is 90.9 Å². The van der Waals surface area contributed by atoms with Gasteiger partial charge < -0.3 is 0 Å². The standard InChI is InChI=1S/C24H36N2O2/c1-3-5-6-7-8-9-10-11-15-19-22(27)23-21(16-4-2)25-26(24(23)28)20-17-13-12-14-18-20/h12-14,17-18,25H,3-11,15-16,19H2,1-2H3. The van der Waals surface area contributed by atoms with Gasteiger partial charge in [0.1, 0.15) is 5.56 Å². The molecule has 0 saturated carbocycles. The van der Waals surface area contributed by atoms with Crippen molar-refractivity contribution >= 4 is 5.78 Å². The lowest BCUT2D eigenvalue weighted by Crippen LogP contribution is -2.20. The Kier molecular flexibility index (Phi) is 9.81. The molecule has 1 aromatic heterocycles. The molecule has 28 heavy (non-hydrogen) atoms. The summed E-state index contributed by atoms with van der Waals surface area (Å²) in [5.74, 6) is -0.0117. The second-order valence-electron chi connectivity index (χ2n) is 7.69. The van der Waals surface area contributed by atoms with Crippen molar-refractivity contribution in [2.24, 2.45) is 0 Å². The molecule has 4 nitrogen and oxygen atoms in total. The summed E-state index contributed by atoms with van der Waals surface area (Å²) in [5, 5.41) is 3.17. The summed E-state index contributed by atoms with van der Waals surface area (Å²) >= 11 is 0. The van der Waals surface area contributed by atoms with E-state index in [1.54, 1.807) is 0 Å². The summed E-state index contributed by atoms with van der Waals surface area (Å²) in [6.07, 6.45) is 13.1. The Hall–Kier alpha value is -2.10. The molecular formula is C24H36N2O2. The van der Waals surface area contributed by atoms with E-state index >= 15 is 0 Å². The zero-order valence-corrected chi connectivity index (χ0v) is 17.6. The average molecular weight is 385 g/mol. The molecule has 2 aromatic rings. The molecule has 0 atom stereocenters. The minimum absolute atomic E-state index is 0.0117. The number of aromatic nitrogens is 2. The van der Waals surface area contributed by atoms with Gasteiger partial charge in [-0.2, -0.15) is 0 Å². The summed E-state index contributed by atoms with van der Waals surface area (Å²) < 4.78 is 1.51. The van der Waals surface area contributed by atoms with Gasteiger partial charge in [0, 0.05) is 12.1 Å². The Bertz CT molecular complexity index is 759. The summed E-state index contributed by atoms with van der Waals surface area (Å²) in [4.78, 5) is 25.7. The van der Waals surface area contributed by atoms with Crippen LogP contribution in [0.3, 0.4) is 0 Å². The molecule has 2 rings (SSSR count). The van der Waals surface area contributed by atoms with Crippen molar-refractivity contribution in [3.63, 3.8) is 0 Å². The first-order valence-electron chi connectivity index (χ1n) is 11.1. The van der Waals surface area contributed by atoms with Crippen LogP contribution >= 0.6 is 0 Å². The number of rotatable bonds is 14. The summed E-state index contributed by atoms with van der Waals surface area (Å²) in [6, 6.07) is 9.46. The molecular weight excluding hydrogens is 348 g/mol. The fourth-order valence-electron chi connectivity index (χ4n) is 3.68. The van der Waals surface area contributed by atoms with Crippen LogP contribution < -0.4 is 5.56 Å². The molecule has 0 aliphatic rings. The number of para-hydroxylation sites is 1. The average Bonchev–Trinajstić information content (AvgIpc) is 3.03. The normalized spacial score (nSPS) is 11.1. The van der Waals surface area contributed by atoms with Gasteiger partial charge in [-0.1, -0.05) is 89.8 Å². The Morgan fingerprint density at radius 2 is 1.46 bits per heavy atom. The van der Waals surface area contributed by atoms with Crippen molar-refractivity contribution in [1.29, 1.82) is 0 Å². The quantitative estimate of drug-likeness (QED) is 0.310. The second kappa shape index (κ2) is 12.4. The van der Waals surface area contributed by atoms with E-state index < -0.39 is 0 Å². The predicted molar refractivity (Wildman–Crippen MR) is 117 cm³/mol. The third-order valence-electron chi connectivity index (χ3n) is 5.27. The van der Waals surface area contributed by atoms with Crippen LogP contribution in [0, 0.1) is 0 Å². The van der Waals surface area contributed by atoms with Crippen LogP contribution in [0.15, 0.2) is 35.1 Å². The number of carbonyl (C=O) groups excluding carboxylic acids is 1. The lowest BCUT2D eigenvalue weighted by atomic mass is 10.0. The number of Topliss-reactive ketones (excluding diaryl/α,β-unsaturated/α-hetero) is 1. The number of hydrogen-bond donors (Lipinski definition) is 1. The highest BCUT2D eigenvalue weighted by atomic mass is 16.2. The van der Waals surface area contributed by atoms with Crippen molar-refractivity contribution < 1.29 is 4.79 Å². The number of nitrogens with one attached hydrogen (secondary N) is 1. The summed E-state index contributed by atoms with van der Waals surface area (Å²) in [7, 11) is 0. The van der Waals surface area contributed by atoms with E-state index in [9.17, 15) is 9.59 Å². The lowest BCUT2D eigenvalue weighted by molar-refractivity contribution is 0.0977. The van der Waals surface area contributed by atoms with Gasteiger partial charge in [-0.05, 0) is 25.0 Å². The van der Waals surface area contributed by atoms with E-state index in [0.717, 1.165) is 30.6 Å². The zero-order chi connectivity index (χ0) is 20.2. The maximum Gasteiger partial charge on any atom is 0.282 e. The maximum atomic E-state index is 12.9. The molecule has 1 aromatic carbocycles. The second-order valence-corrected chi connectivity index (χ2v) is 7.69. The predicted octanol–water partition coefficient (Wildman–Crippen LogP) is 6.22. The molecule has 0 fully saturated rings. The van der Waals surface area contributed by atoms with Gasteiger partial charge in [0.05, 0.1) is 5.69 Å². The van der Waals surface area contributed by atoms with Crippen LogP contribution in [0.2, 0.25) is 0 Å². The number of benzene rings is 1. The smallest absolute Gasteiger partial charge is 0.282 e. The molecule has 0 bridgehead atoms. The molecule has 1 heterocycles. The van der Waals surface area contributed by atoms with E-state index in [1.807, 2.05) is 30.3 Å². The van der Waals surface area contributed by atoms with Crippen LogP contribution in [0.4, 0.5) is 0 Å². The van der Waals surface area contributed by atoms with Crippen molar-refractivity contribution in [3.05, 3.63) is 51.9 Å². The molecule has 0 aliphatic heterocycles. The van der Waals surface area contributed by atoms with E-state index in [2.05, 4.69) is 18.9 Å². The lowest BCUT2D eigenvalue weighted by Gasteiger charge is -2.02. The highest BCUT2D eigenvalue weighted by molar-refractivity contribution is 5.96. The van der Waals surface area contributed by atoms with Crippen molar-refractivity contribution in [3.8, 4) is 5.69 Å². The minimum Gasteiger partial charge on any atom is -0.294 e. The Balaban J connectivity index is 1.90. The van der Waals surface area contributed by atoms with Crippen LogP contribution in [0.25, 0.3) is 5.69 Å². The highest BCUT2D eigenvalue weighted by Gasteiger charge is 2.20. The molecule has 0 saturated heterocycles. The van der Waals surface area contributed by atoms with Crippen LogP contribution in [-0.4, -0.2) is 15.6 Å². The minimum atomic E-state index is -0.212. The SMILES string of the molecule is CCCCCCCCCCCC(=O)c1c(CCC)[nH]n(-c2ccccc2)c1=O. The first-order valence-corrected chi connectivity index (χ1v) is 11.1. The topological polar surface area (TPSA) is 54.9 Å². The first kappa shape index (κ1) is 22.2. The molecule has 0 unspecified atom stereocenters. The van der Waals surface area contributed by atoms with Crippen LogP contribution in [0.5, 0.6) is 0 Å².